The molecule has 4 rings (SSSR count). The van der Waals surface area contributed by atoms with Gasteiger partial charge in [0.25, 0.3) is 0 Å². The smallest absolute Gasteiger partial charge is 0.315 e. The van der Waals surface area contributed by atoms with E-state index in [0.29, 0.717) is 26.6 Å². The number of rotatable bonds is 5. The predicted molar refractivity (Wildman–Crippen MR) is 121 cm³/mol. The molecule has 7 nitrogen and oxygen atoms in total. The van der Waals surface area contributed by atoms with Crippen molar-refractivity contribution in [1.82, 2.24) is 9.13 Å². The molecule has 0 bridgehead atoms. The lowest BCUT2D eigenvalue weighted by Crippen LogP contribution is -2.43. The maximum Gasteiger partial charge on any atom is 0.317 e. The van der Waals surface area contributed by atoms with Gasteiger partial charge in [-0.2, -0.15) is 5.26 Å². The van der Waals surface area contributed by atoms with Crippen molar-refractivity contribution in [2.24, 2.45) is 0 Å². The number of thiophene rings is 1. The molecule has 0 aliphatic carbocycles. The second kappa shape index (κ2) is 8.60. The summed E-state index contributed by atoms with van der Waals surface area (Å²) < 4.78 is 2.49. The van der Waals surface area contributed by atoms with Gasteiger partial charge in [-0.3, -0.25) is 23.5 Å². The Hall–Kier alpha value is -3.67. The largest absolute Gasteiger partial charge is 0.317 e. The van der Waals surface area contributed by atoms with Crippen molar-refractivity contribution in [1.29, 1.82) is 5.26 Å². The summed E-state index contributed by atoms with van der Waals surface area (Å²) in [6.07, 6.45) is 0. The van der Waals surface area contributed by atoms with Crippen LogP contribution in [-0.4, -0.2) is 15.0 Å². The molecule has 4 aromatic rings. The molecule has 0 spiro atoms. The molecular formula is C22H15ClN4O3S. The molecular weight excluding hydrogens is 436 g/mol. The molecule has 154 valence electrons. The van der Waals surface area contributed by atoms with Crippen LogP contribution in [0.4, 0.5) is 5.00 Å². The van der Waals surface area contributed by atoms with Crippen LogP contribution in [-0.2, 0) is 17.9 Å². The summed E-state index contributed by atoms with van der Waals surface area (Å²) in [5, 5.41) is 14.2. The number of carbonyl (C=O) groups excluding carboxylic acids is 1. The first-order valence-corrected chi connectivity index (χ1v) is 10.5. The van der Waals surface area contributed by atoms with E-state index < -0.39 is 17.0 Å². The number of amides is 1. The minimum atomic E-state index is -0.826. The zero-order valence-electron chi connectivity index (χ0n) is 16.0. The van der Waals surface area contributed by atoms with E-state index in [1.165, 1.54) is 15.9 Å². The van der Waals surface area contributed by atoms with Crippen molar-refractivity contribution < 1.29 is 4.79 Å². The first kappa shape index (κ1) is 20.6. The number of aromatic nitrogens is 2. The Kier molecular flexibility index (Phi) is 5.71. The molecule has 1 N–H and O–H groups in total. The van der Waals surface area contributed by atoms with Gasteiger partial charge in [-0.05, 0) is 35.2 Å². The van der Waals surface area contributed by atoms with E-state index in [-0.39, 0.29) is 13.1 Å². The Balaban J connectivity index is 1.78. The van der Waals surface area contributed by atoms with Crippen LogP contribution in [0.15, 0.2) is 69.6 Å². The molecule has 0 fully saturated rings. The second-order valence-corrected chi connectivity index (χ2v) is 8.08. The molecule has 9 heteroatoms. The highest BCUT2D eigenvalue weighted by Gasteiger charge is 2.17. The lowest BCUT2D eigenvalue weighted by atomic mass is 10.2. The van der Waals surface area contributed by atoms with Gasteiger partial charge in [-0.1, -0.05) is 41.9 Å². The Labute approximate surface area is 185 Å². The van der Waals surface area contributed by atoms with Gasteiger partial charge in [-0.25, -0.2) is 0 Å². The lowest BCUT2D eigenvalue weighted by molar-refractivity contribution is -0.116. The quantitative estimate of drug-likeness (QED) is 0.471. The van der Waals surface area contributed by atoms with Crippen LogP contribution in [0.5, 0.6) is 0 Å². The Morgan fingerprint density at radius 3 is 2.52 bits per heavy atom. The molecule has 0 aliphatic rings. The van der Waals surface area contributed by atoms with Crippen molar-refractivity contribution in [2.45, 2.75) is 13.1 Å². The van der Waals surface area contributed by atoms with E-state index in [1.54, 1.807) is 29.6 Å². The normalized spacial score (nSPS) is 10.7. The molecule has 0 atom stereocenters. The summed E-state index contributed by atoms with van der Waals surface area (Å²) in [5.74, 6) is -0.525. The maximum absolute atomic E-state index is 12.9. The van der Waals surface area contributed by atoms with Gasteiger partial charge in [0.2, 0.25) is 5.91 Å². The number of nitrogens with one attached hydrogen (secondary N) is 1. The molecule has 0 saturated carbocycles. The average molecular weight is 451 g/mol. The van der Waals surface area contributed by atoms with Crippen molar-refractivity contribution in [3.8, 4) is 6.07 Å². The second-order valence-electron chi connectivity index (χ2n) is 6.72. The standard InChI is InChI=1S/C22H15ClN4O3S/c23-16-6-7-17-18(10-16)27(13-19(28)25-20-15(11-24)8-9-31-20)22(30)21(29)26(17)12-14-4-2-1-3-5-14/h1-10H,12-13H2,(H,25,28). The fraction of sp³-hybridized carbons (Fsp3) is 0.0909. The first-order chi connectivity index (χ1) is 15.0. The summed E-state index contributed by atoms with van der Waals surface area (Å²) in [6, 6.07) is 17.7. The molecule has 0 aliphatic heterocycles. The van der Waals surface area contributed by atoms with Crippen molar-refractivity contribution in [3.05, 3.63) is 96.8 Å². The third-order valence-corrected chi connectivity index (χ3v) is 5.78. The first-order valence-electron chi connectivity index (χ1n) is 9.22. The molecule has 0 saturated heterocycles. The van der Waals surface area contributed by atoms with E-state index in [1.807, 2.05) is 36.4 Å². The Bertz CT molecular complexity index is 1450. The highest BCUT2D eigenvalue weighted by atomic mass is 35.5. The number of anilines is 1. The average Bonchev–Trinajstić information content (AvgIpc) is 3.22. The van der Waals surface area contributed by atoms with Gasteiger partial charge in [0.05, 0.1) is 23.1 Å². The molecule has 31 heavy (non-hydrogen) atoms. The molecule has 2 aromatic carbocycles. The third-order valence-electron chi connectivity index (χ3n) is 4.72. The van der Waals surface area contributed by atoms with Gasteiger partial charge >= 0.3 is 11.1 Å². The van der Waals surface area contributed by atoms with Crippen LogP contribution in [0.2, 0.25) is 5.02 Å². The predicted octanol–water partition coefficient (Wildman–Crippen LogP) is 3.44. The number of halogens is 1. The fourth-order valence-corrected chi connectivity index (χ4v) is 4.19. The topological polar surface area (TPSA) is 96.9 Å². The maximum atomic E-state index is 12.9. The highest BCUT2D eigenvalue weighted by Crippen LogP contribution is 2.22. The van der Waals surface area contributed by atoms with Gasteiger partial charge < -0.3 is 5.32 Å². The summed E-state index contributed by atoms with van der Waals surface area (Å²) in [6.45, 7) is -0.180. The number of nitrogens with zero attached hydrogens (tertiary/aromatic N) is 3. The SMILES string of the molecule is N#Cc1ccsc1NC(=O)Cn1c(=O)c(=O)n(Cc2ccccc2)c2ccc(Cl)cc21. The number of carbonyl (C=O) groups is 1. The van der Waals surface area contributed by atoms with Crippen molar-refractivity contribution in [3.63, 3.8) is 0 Å². The van der Waals surface area contributed by atoms with Crippen LogP contribution in [0.25, 0.3) is 11.0 Å². The number of hydrogen-bond donors (Lipinski definition) is 1. The molecule has 1 amide bonds. The minimum absolute atomic E-state index is 0.209. The van der Waals surface area contributed by atoms with Crippen molar-refractivity contribution >= 4 is 44.9 Å². The van der Waals surface area contributed by atoms with E-state index in [9.17, 15) is 14.4 Å². The summed E-state index contributed by atoms with van der Waals surface area (Å²) >= 11 is 7.35. The van der Waals surface area contributed by atoms with Crippen LogP contribution < -0.4 is 16.4 Å². The number of fused-ring (bicyclic) bond motifs is 1. The Morgan fingerprint density at radius 2 is 1.77 bits per heavy atom. The van der Waals surface area contributed by atoms with Crippen LogP contribution in [0, 0.1) is 11.3 Å². The molecule has 2 aromatic heterocycles. The van der Waals surface area contributed by atoms with Crippen LogP contribution in [0.3, 0.4) is 0 Å². The number of hydrogen-bond acceptors (Lipinski definition) is 5. The van der Waals surface area contributed by atoms with Gasteiger partial charge in [0.15, 0.2) is 0 Å². The van der Waals surface area contributed by atoms with Crippen LogP contribution in [0.1, 0.15) is 11.1 Å². The van der Waals surface area contributed by atoms with Gasteiger partial charge in [-0.15, -0.1) is 11.3 Å². The zero-order chi connectivity index (χ0) is 22.0. The highest BCUT2D eigenvalue weighted by molar-refractivity contribution is 7.14. The van der Waals surface area contributed by atoms with Gasteiger partial charge in [0, 0.05) is 5.02 Å². The van der Waals surface area contributed by atoms with Crippen LogP contribution >= 0.6 is 22.9 Å². The van der Waals surface area contributed by atoms with Gasteiger partial charge in [0.1, 0.15) is 17.6 Å². The van der Waals surface area contributed by atoms with E-state index in [2.05, 4.69) is 5.32 Å². The third kappa shape index (κ3) is 4.14. The van der Waals surface area contributed by atoms with E-state index in [4.69, 9.17) is 16.9 Å². The summed E-state index contributed by atoms with van der Waals surface area (Å²) in [4.78, 5) is 38.4. The summed E-state index contributed by atoms with van der Waals surface area (Å²) in [7, 11) is 0. The molecule has 2 heterocycles. The monoisotopic (exact) mass is 450 g/mol. The number of benzene rings is 2. The number of nitriles is 1. The van der Waals surface area contributed by atoms with E-state index >= 15 is 0 Å². The Morgan fingerprint density at radius 1 is 1.03 bits per heavy atom. The van der Waals surface area contributed by atoms with E-state index in [0.717, 1.165) is 10.1 Å². The minimum Gasteiger partial charge on any atom is -0.315 e. The molecule has 0 unspecified atom stereocenters. The fourth-order valence-electron chi connectivity index (χ4n) is 3.27. The molecule has 0 radical (unpaired) electrons. The lowest BCUT2D eigenvalue weighted by Gasteiger charge is -2.15. The summed E-state index contributed by atoms with van der Waals surface area (Å²) in [5.41, 5.74) is 0.483. The van der Waals surface area contributed by atoms with Crippen molar-refractivity contribution in [2.75, 3.05) is 5.32 Å². The zero-order valence-corrected chi connectivity index (χ0v) is 17.6.